The number of carbonyl (C=O) groups excluding carboxylic acids is 1. The molecule has 1 unspecified atom stereocenters. The van der Waals surface area contributed by atoms with Crippen LogP contribution in [0.4, 0.5) is 0 Å². The summed E-state index contributed by atoms with van der Waals surface area (Å²) in [6.45, 7) is 3.72. The quantitative estimate of drug-likeness (QED) is 0.328. The molecule has 0 aliphatic carbocycles. The van der Waals surface area contributed by atoms with Crippen LogP contribution in [0.15, 0.2) is 5.16 Å². The SMILES string of the molecule is CN1CCC(CN(C)C(=O)C2(C(N)=NO)CCOCC2)C1. The first-order valence-corrected chi connectivity index (χ1v) is 7.49. The summed E-state index contributed by atoms with van der Waals surface area (Å²) in [7, 11) is 3.90. The minimum absolute atomic E-state index is 0.00573. The first-order valence-electron chi connectivity index (χ1n) is 7.49. The molecular formula is C14H26N4O3. The summed E-state index contributed by atoms with van der Waals surface area (Å²) in [5.41, 5.74) is 4.93. The molecule has 1 atom stereocenters. The van der Waals surface area contributed by atoms with E-state index in [1.54, 1.807) is 4.90 Å². The summed E-state index contributed by atoms with van der Waals surface area (Å²) in [6.07, 6.45) is 2.04. The number of nitrogens with two attached hydrogens (primary N) is 1. The third kappa shape index (κ3) is 3.29. The third-order valence-electron chi connectivity index (χ3n) is 4.72. The Morgan fingerprint density at radius 1 is 1.52 bits per heavy atom. The van der Waals surface area contributed by atoms with E-state index in [0.717, 1.165) is 19.5 Å². The van der Waals surface area contributed by atoms with E-state index < -0.39 is 5.41 Å². The van der Waals surface area contributed by atoms with Crippen LogP contribution in [0.3, 0.4) is 0 Å². The molecule has 0 aromatic rings. The van der Waals surface area contributed by atoms with Crippen LogP contribution in [0.1, 0.15) is 19.3 Å². The van der Waals surface area contributed by atoms with E-state index in [1.165, 1.54) is 0 Å². The Hall–Kier alpha value is -1.34. The van der Waals surface area contributed by atoms with Gasteiger partial charge in [0.1, 0.15) is 5.41 Å². The van der Waals surface area contributed by atoms with E-state index in [2.05, 4.69) is 17.1 Å². The molecule has 2 heterocycles. The van der Waals surface area contributed by atoms with Crippen LogP contribution >= 0.6 is 0 Å². The Balaban J connectivity index is 2.07. The molecular weight excluding hydrogens is 272 g/mol. The number of carbonyl (C=O) groups is 1. The van der Waals surface area contributed by atoms with Crippen molar-refractivity contribution in [1.82, 2.24) is 9.80 Å². The number of hydrogen-bond acceptors (Lipinski definition) is 5. The minimum Gasteiger partial charge on any atom is -0.409 e. The van der Waals surface area contributed by atoms with Crippen molar-refractivity contribution in [3.63, 3.8) is 0 Å². The van der Waals surface area contributed by atoms with Gasteiger partial charge in [-0.15, -0.1) is 0 Å². The zero-order valence-electron chi connectivity index (χ0n) is 12.9. The molecule has 2 saturated heterocycles. The Bertz CT molecular complexity index is 407. The standard InChI is InChI=1S/C14H26N4O3/c1-17-6-3-11(9-17)10-18(2)13(19)14(12(15)16-20)4-7-21-8-5-14/h11,20H,3-10H2,1-2H3,(H2,15,16). The van der Waals surface area contributed by atoms with Gasteiger partial charge < -0.3 is 25.5 Å². The van der Waals surface area contributed by atoms with Crippen LogP contribution < -0.4 is 5.73 Å². The maximum atomic E-state index is 12.9. The molecule has 2 aliphatic rings. The monoisotopic (exact) mass is 298 g/mol. The molecule has 7 nitrogen and oxygen atoms in total. The van der Waals surface area contributed by atoms with Crippen LogP contribution in [0.5, 0.6) is 0 Å². The van der Waals surface area contributed by atoms with E-state index in [9.17, 15) is 4.79 Å². The molecule has 2 aliphatic heterocycles. The molecule has 3 N–H and O–H groups in total. The third-order valence-corrected chi connectivity index (χ3v) is 4.72. The molecule has 120 valence electrons. The fraction of sp³-hybridized carbons (Fsp3) is 0.857. The van der Waals surface area contributed by atoms with Crippen molar-refractivity contribution in [2.24, 2.45) is 22.2 Å². The zero-order valence-corrected chi connectivity index (χ0v) is 12.9. The Morgan fingerprint density at radius 3 is 2.71 bits per heavy atom. The second kappa shape index (κ2) is 6.62. The summed E-state index contributed by atoms with van der Waals surface area (Å²) in [6, 6.07) is 0. The molecule has 0 aromatic carbocycles. The van der Waals surface area contributed by atoms with Gasteiger partial charge in [-0.2, -0.15) is 0 Å². The van der Waals surface area contributed by atoms with Crippen molar-refractivity contribution in [1.29, 1.82) is 0 Å². The highest BCUT2D eigenvalue weighted by atomic mass is 16.5. The topological polar surface area (TPSA) is 91.4 Å². The van der Waals surface area contributed by atoms with E-state index in [0.29, 0.717) is 38.5 Å². The van der Waals surface area contributed by atoms with Crippen LogP contribution in [0.2, 0.25) is 0 Å². The van der Waals surface area contributed by atoms with Gasteiger partial charge in [-0.3, -0.25) is 4.79 Å². The molecule has 0 saturated carbocycles. The molecule has 0 spiro atoms. The lowest BCUT2D eigenvalue weighted by Crippen LogP contribution is -2.53. The van der Waals surface area contributed by atoms with Gasteiger partial charge in [-0.1, -0.05) is 5.16 Å². The molecule has 1 amide bonds. The van der Waals surface area contributed by atoms with E-state index in [1.807, 2.05) is 7.05 Å². The number of amides is 1. The lowest BCUT2D eigenvalue weighted by Gasteiger charge is -2.38. The molecule has 21 heavy (non-hydrogen) atoms. The first-order chi connectivity index (χ1) is 9.99. The first kappa shape index (κ1) is 16.0. The van der Waals surface area contributed by atoms with Crippen LogP contribution in [0.25, 0.3) is 0 Å². The predicted molar refractivity (Wildman–Crippen MR) is 79.1 cm³/mol. The van der Waals surface area contributed by atoms with Crippen molar-refractivity contribution in [2.45, 2.75) is 19.3 Å². The second-order valence-electron chi connectivity index (χ2n) is 6.28. The highest BCUT2D eigenvalue weighted by Crippen LogP contribution is 2.33. The van der Waals surface area contributed by atoms with Crippen molar-refractivity contribution in [3.8, 4) is 0 Å². The molecule has 2 fully saturated rings. The molecule has 7 heteroatoms. The van der Waals surface area contributed by atoms with Gasteiger partial charge in [0.25, 0.3) is 0 Å². The number of rotatable bonds is 4. The summed E-state index contributed by atoms with van der Waals surface area (Å²) < 4.78 is 5.33. The van der Waals surface area contributed by atoms with Gasteiger partial charge in [0.05, 0.1) is 0 Å². The van der Waals surface area contributed by atoms with E-state index >= 15 is 0 Å². The Morgan fingerprint density at radius 2 is 2.19 bits per heavy atom. The average molecular weight is 298 g/mol. The molecule has 0 bridgehead atoms. The van der Waals surface area contributed by atoms with Gasteiger partial charge in [0.2, 0.25) is 5.91 Å². The lowest BCUT2D eigenvalue weighted by molar-refractivity contribution is -0.141. The fourth-order valence-corrected chi connectivity index (χ4v) is 3.41. The minimum atomic E-state index is -0.910. The smallest absolute Gasteiger partial charge is 0.236 e. The number of ether oxygens (including phenoxy) is 1. The van der Waals surface area contributed by atoms with Gasteiger partial charge in [0, 0.05) is 33.4 Å². The largest absolute Gasteiger partial charge is 0.409 e. The average Bonchev–Trinajstić information content (AvgIpc) is 2.91. The van der Waals surface area contributed by atoms with E-state index in [-0.39, 0.29) is 11.7 Å². The van der Waals surface area contributed by atoms with Crippen molar-refractivity contribution >= 4 is 11.7 Å². The number of amidine groups is 1. The number of oxime groups is 1. The Labute approximate surface area is 125 Å². The fourth-order valence-electron chi connectivity index (χ4n) is 3.41. The summed E-state index contributed by atoms with van der Waals surface area (Å²) in [4.78, 5) is 16.9. The summed E-state index contributed by atoms with van der Waals surface area (Å²) >= 11 is 0. The van der Waals surface area contributed by atoms with Gasteiger partial charge in [-0.25, -0.2) is 0 Å². The zero-order chi connectivity index (χ0) is 15.5. The lowest BCUT2D eigenvalue weighted by atomic mass is 9.77. The summed E-state index contributed by atoms with van der Waals surface area (Å²) in [5, 5.41) is 12.2. The van der Waals surface area contributed by atoms with Gasteiger partial charge >= 0.3 is 0 Å². The van der Waals surface area contributed by atoms with Gasteiger partial charge in [0.15, 0.2) is 5.84 Å². The maximum absolute atomic E-state index is 12.9. The molecule has 2 rings (SSSR count). The maximum Gasteiger partial charge on any atom is 0.236 e. The number of likely N-dealkylation sites (tertiary alicyclic amines) is 1. The second-order valence-corrected chi connectivity index (χ2v) is 6.28. The van der Waals surface area contributed by atoms with Crippen molar-refractivity contribution in [3.05, 3.63) is 0 Å². The van der Waals surface area contributed by atoms with Gasteiger partial charge in [-0.05, 0) is 38.8 Å². The van der Waals surface area contributed by atoms with Crippen LogP contribution in [-0.2, 0) is 9.53 Å². The highest BCUT2D eigenvalue weighted by Gasteiger charge is 2.46. The molecule has 0 aromatic heterocycles. The predicted octanol–water partition coefficient (Wildman–Crippen LogP) is -0.0603. The van der Waals surface area contributed by atoms with Crippen molar-refractivity contribution < 1.29 is 14.7 Å². The summed E-state index contributed by atoms with van der Waals surface area (Å²) in [5.74, 6) is 0.440. The highest BCUT2D eigenvalue weighted by molar-refractivity contribution is 6.06. The Kier molecular flexibility index (Phi) is 5.05. The number of nitrogens with zero attached hydrogens (tertiary/aromatic N) is 3. The van der Waals surface area contributed by atoms with Crippen molar-refractivity contribution in [2.75, 3.05) is 46.9 Å². The normalized spacial score (nSPS) is 26.8. The van der Waals surface area contributed by atoms with E-state index in [4.69, 9.17) is 15.7 Å². The van der Waals surface area contributed by atoms with Crippen LogP contribution in [0, 0.1) is 11.3 Å². The molecule has 0 radical (unpaired) electrons. The van der Waals surface area contributed by atoms with Crippen LogP contribution in [-0.4, -0.2) is 73.7 Å². The number of hydrogen-bond donors (Lipinski definition) is 2.